The van der Waals surface area contributed by atoms with Crippen molar-refractivity contribution in [3.8, 4) is 6.07 Å². The summed E-state index contributed by atoms with van der Waals surface area (Å²) in [6, 6.07) is 11.6. The van der Waals surface area contributed by atoms with Crippen molar-refractivity contribution >= 4 is 11.8 Å². The van der Waals surface area contributed by atoms with Crippen molar-refractivity contribution in [1.82, 2.24) is 9.13 Å². The lowest BCUT2D eigenvalue weighted by Gasteiger charge is -2.10. The molecular weight excluding hydrogens is 274 g/mol. The highest BCUT2D eigenvalue weighted by atomic mass is 32.2. The van der Waals surface area contributed by atoms with Gasteiger partial charge in [0.05, 0.1) is 0 Å². The molecule has 0 N–H and O–H groups in total. The second-order valence-electron chi connectivity index (χ2n) is 4.27. The summed E-state index contributed by atoms with van der Waals surface area (Å²) in [5.74, 6) is 0.593. The van der Waals surface area contributed by atoms with Crippen molar-refractivity contribution in [2.75, 3.05) is 0 Å². The summed E-state index contributed by atoms with van der Waals surface area (Å²) < 4.78 is 2.29. The number of hydrogen-bond donors (Lipinski definition) is 0. The fourth-order valence-electron chi connectivity index (χ4n) is 1.82. The quantitative estimate of drug-likeness (QED) is 0.629. The van der Waals surface area contributed by atoms with Crippen LogP contribution in [0.3, 0.4) is 0 Å². The van der Waals surface area contributed by atoms with Crippen LogP contribution in [0, 0.1) is 11.3 Å². The van der Waals surface area contributed by atoms with E-state index < -0.39 is 11.2 Å². The molecule has 6 heteroatoms. The van der Waals surface area contributed by atoms with Crippen molar-refractivity contribution in [2.45, 2.75) is 10.8 Å². The molecule has 0 aliphatic carbocycles. The molecule has 0 unspecified atom stereocenters. The van der Waals surface area contributed by atoms with Gasteiger partial charge in [0, 0.05) is 19.8 Å². The van der Waals surface area contributed by atoms with Gasteiger partial charge in [-0.2, -0.15) is 5.26 Å². The normalized spacial score (nSPS) is 10.2. The maximum Gasteiger partial charge on any atom is 0.331 e. The monoisotopic (exact) mass is 287 g/mol. The minimum Gasteiger partial charge on any atom is -0.290 e. The first-order chi connectivity index (χ1) is 9.56. The predicted octanol–water partition coefficient (Wildman–Crippen LogP) is 1.25. The number of rotatable bonds is 3. The Hall–Kier alpha value is -2.26. The molecule has 0 radical (unpaired) electrons. The Morgan fingerprint density at radius 1 is 1.15 bits per heavy atom. The average molecular weight is 287 g/mol. The number of thioether (sulfide) groups is 1. The number of benzene rings is 1. The predicted molar refractivity (Wildman–Crippen MR) is 77.6 cm³/mol. The molecule has 5 nitrogen and oxygen atoms in total. The average Bonchev–Trinajstić information content (AvgIpc) is 2.48. The van der Waals surface area contributed by atoms with E-state index in [2.05, 4.69) is 0 Å². The number of nitriles is 1. The topological polar surface area (TPSA) is 67.8 Å². The van der Waals surface area contributed by atoms with Crippen LogP contribution in [0.15, 0.2) is 44.9 Å². The molecule has 0 aliphatic rings. The molecule has 0 saturated heterocycles. The van der Waals surface area contributed by atoms with Gasteiger partial charge in [-0.25, -0.2) is 4.79 Å². The van der Waals surface area contributed by atoms with Crippen molar-refractivity contribution < 1.29 is 0 Å². The standard InChI is InChI=1S/C14H13N3O2S/c1-16-12(18)11(8-15)13(17(2)14(16)19)20-9-10-6-4-3-5-7-10/h3-7H,9H2,1-2H3. The van der Waals surface area contributed by atoms with Crippen LogP contribution in [-0.4, -0.2) is 9.13 Å². The van der Waals surface area contributed by atoms with Gasteiger partial charge in [0.2, 0.25) is 0 Å². The zero-order chi connectivity index (χ0) is 14.7. The molecule has 0 fully saturated rings. The third-order valence-corrected chi connectivity index (χ3v) is 4.17. The maximum absolute atomic E-state index is 11.9. The smallest absolute Gasteiger partial charge is 0.290 e. The van der Waals surface area contributed by atoms with Crippen LogP contribution in [0.2, 0.25) is 0 Å². The fraction of sp³-hybridized carbons (Fsp3) is 0.214. The molecule has 1 aromatic heterocycles. The Kier molecular flexibility index (Phi) is 4.11. The summed E-state index contributed by atoms with van der Waals surface area (Å²) in [6.45, 7) is 0. The summed E-state index contributed by atoms with van der Waals surface area (Å²) >= 11 is 1.32. The van der Waals surface area contributed by atoms with Gasteiger partial charge in [-0.15, -0.1) is 11.8 Å². The van der Waals surface area contributed by atoms with Gasteiger partial charge >= 0.3 is 5.69 Å². The van der Waals surface area contributed by atoms with Crippen LogP contribution >= 0.6 is 11.8 Å². The highest BCUT2D eigenvalue weighted by molar-refractivity contribution is 7.98. The van der Waals surface area contributed by atoms with Crippen LogP contribution < -0.4 is 11.2 Å². The molecule has 0 atom stereocenters. The van der Waals surface area contributed by atoms with Gasteiger partial charge in [-0.3, -0.25) is 13.9 Å². The molecule has 1 aromatic carbocycles. The molecule has 0 amide bonds. The highest BCUT2D eigenvalue weighted by Crippen LogP contribution is 2.22. The van der Waals surface area contributed by atoms with Crippen LogP contribution in [0.25, 0.3) is 0 Å². The second-order valence-corrected chi connectivity index (χ2v) is 5.24. The molecule has 1 heterocycles. The minimum atomic E-state index is -0.550. The lowest BCUT2D eigenvalue weighted by Crippen LogP contribution is -2.39. The van der Waals surface area contributed by atoms with Crippen molar-refractivity contribution in [2.24, 2.45) is 14.1 Å². The Balaban J connectivity index is 2.45. The zero-order valence-electron chi connectivity index (χ0n) is 11.2. The molecule has 2 aromatic rings. The van der Waals surface area contributed by atoms with Gasteiger partial charge in [0.25, 0.3) is 5.56 Å². The first-order valence-corrected chi connectivity index (χ1v) is 6.91. The molecule has 0 spiro atoms. The minimum absolute atomic E-state index is 0.00975. The van der Waals surface area contributed by atoms with Crippen molar-refractivity contribution in [3.05, 3.63) is 62.3 Å². The third kappa shape index (κ3) is 2.53. The molecule has 0 aliphatic heterocycles. The van der Waals surface area contributed by atoms with Gasteiger partial charge in [-0.1, -0.05) is 30.3 Å². The third-order valence-electron chi connectivity index (χ3n) is 2.94. The SMILES string of the molecule is Cn1c(SCc2ccccc2)c(C#N)c(=O)n(C)c1=O. The first kappa shape index (κ1) is 14.2. The number of nitrogens with zero attached hydrogens (tertiary/aromatic N) is 3. The van der Waals surface area contributed by atoms with E-state index in [1.165, 1.54) is 23.4 Å². The highest BCUT2D eigenvalue weighted by Gasteiger charge is 2.15. The first-order valence-electron chi connectivity index (χ1n) is 5.93. The Morgan fingerprint density at radius 2 is 1.80 bits per heavy atom. The van der Waals surface area contributed by atoms with E-state index >= 15 is 0 Å². The molecule has 2 rings (SSSR count). The summed E-state index contributed by atoms with van der Waals surface area (Å²) in [4.78, 5) is 23.8. The van der Waals surface area contributed by atoms with Crippen molar-refractivity contribution in [1.29, 1.82) is 5.26 Å². The fourth-order valence-corrected chi connectivity index (χ4v) is 2.86. The van der Waals surface area contributed by atoms with Gasteiger partial charge in [0.1, 0.15) is 16.7 Å². The van der Waals surface area contributed by atoms with Gasteiger partial charge in [0.15, 0.2) is 0 Å². The lowest BCUT2D eigenvalue weighted by molar-refractivity contribution is 0.631. The Bertz CT molecular complexity index is 785. The van der Waals surface area contributed by atoms with E-state index in [0.29, 0.717) is 10.8 Å². The summed E-state index contributed by atoms with van der Waals surface area (Å²) in [7, 11) is 2.94. The molecule has 0 bridgehead atoms. The van der Waals surface area contributed by atoms with E-state index in [1.807, 2.05) is 36.4 Å². The van der Waals surface area contributed by atoms with Crippen molar-refractivity contribution in [3.63, 3.8) is 0 Å². The Labute approximate surface area is 120 Å². The largest absolute Gasteiger partial charge is 0.331 e. The lowest BCUT2D eigenvalue weighted by atomic mass is 10.2. The van der Waals surface area contributed by atoms with E-state index in [1.54, 1.807) is 7.05 Å². The number of hydrogen-bond acceptors (Lipinski definition) is 4. The number of aromatic nitrogens is 2. The van der Waals surface area contributed by atoms with E-state index in [0.717, 1.165) is 10.1 Å². The van der Waals surface area contributed by atoms with Crippen LogP contribution in [0.4, 0.5) is 0 Å². The molecule has 20 heavy (non-hydrogen) atoms. The van der Waals surface area contributed by atoms with E-state index in [-0.39, 0.29) is 5.56 Å². The summed E-state index contributed by atoms with van der Waals surface area (Å²) in [5.41, 5.74) is 0.0979. The van der Waals surface area contributed by atoms with Gasteiger partial charge < -0.3 is 0 Å². The molecule has 102 valence electrons. The van der Waals surface area contributed by atoms with Crippen LogP contribution in [-0.2, 0) is 19.8 Å². The van der Waals surface area contributed by atoms with Gasteiger partial charge in [-0.05, 0) is 5.56 Å². The van der Waals surface area contributed by atoms with Crippen LogP contribution in [0.1, 0.15) is 11.1 Å². The molecular formula is C14H13N3O2S. The zero-order valence-corrected chi connectivity index (χ0v) is 12.0. The Morgan fingerprint density at radius 3 is 2.40 bits per heavy atom. The second kappa shape index (κ2) is 5.80. The van der Waals surface area contributed by atoms with Crippen LogP contribution in [0.5, 0.6) is 0 Å². The summed E-state index contributed by atoms with van der Waals surface area (Å²) in [5, 5.41) is 9.55. The van der Waals surface area contributed by atoms with E-state index in [4.69, 9.17) is 5.26 Å². The van der Waals surface area contributed by atoms with E-state index in [9.17, 15) is 9.59 Å². The summed E-state index contributed by atoms with van der Waals surface area (Å²) in [6.07, 6.45) is 0. The molecule has 0 saturated carbocycles. The maximum atomic E-state index is 11.9.